The normalized spacial score (nSPS) is 35.1. The average molecular weight is 513 g/mol. The maximum atomic E-state index is 14.0. The Morgan fingerprint density at radius 3 is 2.24 bits per heavy atom. The molecule has 1 aromatic rings. The molecule has 0 aromatic heterocycles. The van der Waals surface area contributed by atoms with E-state index in [-0.39, 0.29) is 24.2 Å². The van der Waals surface area contributed by atoms with Gasteiger partial charge in [0.1, 0.15) is 11.9 Å². The Hall–Kier alpha value is -3.10. The van der Waals surface area contributed by atoms with E-state index in [2.05, 4.69) is 0 Å². The molecule has 8 heteroatoms. The van der Waals surface area contributed by atoms with E-state index < -0.39 is 58.9 Å². The SMILES string of the molecule is CC(=O)O[C@]12C[C@@H](C)[C@H](OC(=O)c3ccccc3)[C@@H]1/C=C(\C)[C@H](O)CC(=O)C(C)(C)[C@@H](O)/C=C(\C)C2=O. The van der Waals surface area contributed by atoms with Crippen molar-refractivity contribution in [2.45, 2.75) is 78.3 Å². The van der Waals surface area contributed by atoms with E-state index in [1.54, 1.807) is 64.1 Å². The number of hydrogen-bond donors (Lipinski definition) is 2. The van der Waals surface area contributed by atoms with Gasteiger partial charge in [-0.3, -0.25) is 14.4 Å². The molecule has 6 atom stereocenters. The molecule has 0 saturated heterocycles. The lowest BCUT2D eigenvalue weighted by molar-refractivity contribution is -0.168. The van der Waals surface area contributed by atoms with Gasteiger partial charge in [0.25, 0.3) is 0 Å². The number of benzene rings is 1. The number of aliphatic hydroxyl groups is 2. The summed E-state index contributed by atoms with van der Waals surface area (Å²) in [5.41, 5.74) is -2.19. The van der Waals surface area contributed by atoms with Crippen molar-refractivity contribution >= 4 is 23.5 Å². The van der Waals surface area contributed by atoms with Crippen LogP contribution in [-0.2, 0) is 23.9 Å². The number of hydrogen-bond acceptors (Lipinski definition) is 8. The van der Waals surface area contributed by atoms with E-state index in [0.717, 1.165) is 0 Å². The lowest BCUT2D eigenvalue weighted by Gasteiger charge is -2.36. The van der Waals surface area contributed by atoms with Crippen LogP contribution in [0.25, 0.3) is 0 Å². The Labute approximate surface area is 217 Å². The summed E-state index contributed by atoms with van der Waals surface area (Å²) in [5.74, 6) is -3.56. The summed E-state index contributed by atoms with van der Waals surface area (Å²) < 4.78 is 11.7. The van der Waals surface area contributed by atoms with Gasteiger partial charge in [-0.2, -0.15) is 0 Å². The van der Waals surface area contributed by atoms with Crippen molar-refractivity contribution in [3.8, 4) is 0 Å². The third-order valence-corrected chi connectivity index (χ3v) is 7.61. The Bertz CT molecular complexity index is 1130. The molecule has 0 amide bonds. The molecule has 2 aliphatic carbocycles. The fourth-order valence-electron chi connectivity index (χ4n) is 5.20. The fraction of sp³-hybridized carbons (Fsp3) is 0.517. The van der Waals surface area contributed by atoms with Crippen LogP contribution in [0.4, 0.5) is 0 Å². The number of Topliss-reactive ketones (excluding diaryl/α,β-unsaturated/α-hetero) is 2. The second kappa shape index (κ2) is 10.7. The molecule has 0 unspecified atom stereocenters. The summed E-state index contributed by atoms with van der Waals surface area (Å²) in [4.78, 5) is 52.3. The highest BCUT2D eigenvalue weighted by Gasteiger charge is 2.60. The number of ether oxygens (including phenoxy) is 2. The van der Waals surface area contributed by atoms with Crippen LogP contribution in [0.5, 0.6) is 0 Å². The third kappa shape index (κ3) is 5.60. The highest BCUT2D eigenvalue weighted by molar-refractivity contribution is 6.03. The summed E-state index contributed by atoms with van der Waals surface area (Å²) in [6.07, 6.45) is -0.722. The monoisotopic (exact) mass is 512 g/mol. The van der Waals surface area contributed by atoms with Gasteiger partial charge in [0.2, 0.25) is 5.78 Å². The van der Waals surface area contributed by atoms with Crippen molar-refractivity contribution in [3.63, 3.8) is 0 Å². The molecular formula is C29H36O8. The first-order chi connectivity index (χ1) is 17.2. The zero-order chi connectivity index (χ0) is 27.7. The number of carbonyl (C=O) groups is 4. The molecule has 8 nitrogen and oxygen atoms in total. The van der Waals surface area contributed by atoms with Gasteiger partial charge in [0.15, 0.2) is 5.60 Å². The summed E-state index contributed by atoms with van der Waals surface area (Å²) in [7, 11) is 0. The Morgan fingerprint density at radius 1 is 1.03 bits per heavy atom. The number of carbonyl (C=O) groups excluding carboxylic acids is 4. The van der Waals surface area contributed by atoms with E-state index in [1.807, 2.05) is 0 Å². The molecule has 0 aliphatic heterocycles. The highest BCUT2D eigenvalue weighted by atomic mass is 16.6. The lowest BCUT2D eigenvalue weighted by atomic mass is 9.75. The Kier molecular flexibility index (Phi) is 8.24. The van der Waals surface area contributed by atoms with Crippen LogP contribution >= 0.6 is 0 Å². The van der Waals surface area contributed by atoms with Gasteiger partial charge in [-0.05, 0) is 49.1 Å². The van der Waals surface area contributed by atoms with E-state index in [4.69, 9.17) is 9.47 Å². The Morgan fingerprint density at radius 2 is 1.65 bits per heavy atom. The molecule has 0 bridgehead atoms. The quantitative estimate of drug-likeness (QED) is 0.466. The molecule has 0 heterocycles. The van der Waals surface area contributed by atoms with Crippen LogP contribution in [-0.4, -0.2) is 57.6 Å². The largest absolute Gasteiger partial charge is 0.458 e. The predicted octanol–water partition coefficient (Wildman–Crippen LogP) is 3.35. The van der Waals surface area contributed by atoms with Gasteiger partial charge in [0, 0.05) is 19.8 Å². The van der Waals surface area contributed by atoms with Crippen LogP contribution in [0, 0.1) is 17.3 Å². The topological polar surface area (TPSA) is 127 Å². The maximum absolute atomic E-state index is 14.0. The first kappa shape index (κ1) is 28.5. The minimum atomic E-state index is -1.73. The molecule has 0 radical (unpaired) electrons. The summed E-state index contributed by atoms with van der Waals surface area (Å²) in [6, 6.07) is 8.40. The number of fused-ring (bicyclic) bond motifs is 1. The molecule has 1 aromatic carbocycles. The van der Waals surface area contributed by atoms with Crippen LogP contribution in [0.15, 0.2) is 53.6 Å². The standard InChI is InChI=1S/C29H36O8/c1-16-12-21-25(36-27(35)20-10-8-7-9-11-20)18(3)15-29(21,37-19(4)30)26(34)17(2)13-23(32)28(5,6)24(33)14-22(16)31/h7-13,18,21-23,25,31-32H,14-15H2,1-6H3/b16-12+,17-13+/t18-,21+,22-,23+,25+,29-/m1/s1. The van der Waals surface area contributed by atoms with E-state index in [1.165, 1.54) is 19.9 Å². The van der Waals surface area contributed by atoms with Crippen LogP contribution < -0.4 is 0 Å². The zero-order valence-electron chi connectivity index (χ0n) is 22.2. The first-order valence-electron chi connectivity index (χ1n) is 12.5. The van der Waals surface area contributed by atoms with Gasteiger partial charge in [-0.15, -0.1) is 0 Å². The van der Waals surface area contributed by atoms with E-state index >= 15 is 0 Å². The van der Waals surface area contributed by atoms with Crippen molar-refractivity contribution in [3.05, 3.63) is 59.2 Å². The molecule has 3 rings (SSSR count). The van der Waals surface area contributed by atoms with Gasteiger partial charge in [0.05, 0.1) is 29.1 Å². The first-order valence-corrected chi connectivity index (χ1v) is 12.5. The number of aliphatic hydroxyl groups excluding tert-OH is 2. The minimum absolute atomic E-state index is 0.0618. The summed E-state index contributed by atoms with van der Waals surface area (Å²) >= 11 is 0. The number of rotatable bonds is 3. The van der Waals surface area contributed by atoms with E-state index in [0.29, 0.717) is 11.1 Å². The number of esters is 2. The van der Waals surface area contributed by atoms with Gasteiger partial charge >= 0.3 is 11.9 Å². The number of ketones is 2. The van der Waals surface area contributed by atoms with Gasteiger partial charge in [-0.25, -0.2) is 4.79 Å². The van der Waals surface area contributed by atoms with Crippen molar-refractivity contribution in [2.75, 3.05) is 0 Å². The maximum Gasteiger partial charge on any atom is 0.338 e. The molecular weight excluding hydrogens is 476 g/mol. The van der Waals surface area contributed by atoms with Crippen LogP contribution in [0.2, 0.25) is 0 Å². The van der Waals surface area contributed by atoms with Crippen LogP contribution in [0.1, 0.15) is 64.7 Å². The molecule has 2 aliphatic rings. The fourth-order valence-corrected chi connectivity index (χ4v) is 5.20. The van der Waals surface area contributed by atoms with Crippen molar-refractivity contribution in [1.82, 2.24) is 0 Å². The van der Waals surface area contributed by atoms with Gasteiger partial charge < -0.3 is 19.7 Å². The molecule has 37 heavy (non-hydrogen) atoms. The molecule has 200 valence electrons. The van der Waals surface area contributed by atoms with Crippen molar-refractivity contribution in [2.24, 2.45) is 17.3 Å². The summed E-state index contributed by atoms with van der Waals surface area (Å²) in [6.45, 7) is 9.20. The molecule has 2 N–H and O–H groups in total. The third-order valence-electron chi connectivity index (χ3n) is 7.61. The highest BCUT2D eigenvalue weighted by Crippen LogP contribution is 2.48. The lowest BCUT2D eigenvalue weighted by Crippen LogP contribution is -2.49. The Balaban J connectivity index is 2.19. The van der Waals surface area contributed by atoms with Crippen molar-refractivity contribution in [1.29, 1.82) is 0 Å². The van der Waals surface area contributed by atoms with Crippen molar-refractivity contribution < 1.29 is 38.9 Å². The van der Waals surface area contributed by atoms with Gasteiger partial charge in [-0.1, -0.05) is 45.0 Å². The minimum Gasteiger partial charge on any atom is -0.458 e. The second-order valence-electron chi connectivity index (χ2n) is 10.8. The average Bonchev–Trinajstić information content (AvgIpc) is 3.08. The predicted molar refractivity (Wildman–Crippen MR) is 135 cm³/mol. The van der Waals surface area contributed by atoms with E-state index in [9.17, 15) is 29.4 Å². The zero-order valence-corrected chi connectivity index (χ0v) is 22.2. The van der Waals surface area contributed by atoms with Crippen LogP contribution in [0.3, 0.4) is 0 Å². The molecule has 1 fully saturated rings. The summed E-state index contributed by atoms with van der Waals surface area (Å²) in [5, 5.41) is 21.7. The molecule has 0 spiro atoms. The molecule has 1 saturated carbocycles. The second-order valence-corrected chi connectivity index (χ2v) is 10.8. The smallest absolute Gasteiger partial charge is 0.338 e.